The number of carbonyl (C=O) groups is 3. The van der Waals surface area contributed by atoms with Gasteiger partial charge in [0.2, 0.25) is 5.91 Å². The molecule has 1 aliphatic carbocycles. The quantitative estimate of drug-likeness (QED) is 0.357. The van der Waals surface area contributed by atoms with Gasteiger partial charge < -0.3 is 39.7 Å². The van der Waals surface area contributed by atoms with Crippen molar-refractivity contribution in [3.05, 3.63) is 35.4 Å². The number of morpholine rings is 1. The fourth-order valence-electron chi connectivity index (χ4n) is 4.53. The van der Waals surface area contributed by atoms with Gasteiger partial charge in [0.1, 0.15) is 11.9 Å². The third kappa shape index (κ3) is 8.52. The Labute approximate surface area is 222 Å². The molecule has 2 atom stereocenters. The van der Waals surface area contributed by atoms with E-state index in [1.54, 1.807) is 6.08 Å². The van der Waals surface area contributed by atoms with Crippen LogP contribution in [0.2, 0.25) is 0 Å². The lowest BCUT2D eigenvalue weighted by Gasteiger charge is -2.41. The molecule has 2 saturated heterocycles. The first-order valence-electron chi connectivity index (χ1n) is 13.0. The Morgan fingerprint density at radius 3 is 2.08 bits per heavy atom. The SMILES string of the molecule is Cc1cc(OC2CCN(C3CCC3)CC2)ccc1C=CC(=O)N1CCOCC1.O=C(O)[C@H](O)[C@@H](O)C(=O)O. The summed E-state index contributed by atoms with van der Waals surface area (Å²) < 4.78 is 11.6. The van der Waals surface area contributed by atoms with E-state index in [1.807, 2.05) is 17.0 Å². The van der Waals surface area contributed by atoms with Crippen molar-refractivity contribution in [2.75, 3.05) is 39.4 Å². The molecule has 4 rings (SSSR count). The Bertz CT molecular complexity index is 963. The van der Waals surface area contributed by atoms with Gasteiger partial charge in [0.15, 0.2) is 12.2 Å². The summed E-state index contributed by atoms with van der Waals surface area (Å²) in [6.45, 7) is 7.01. The summed E-state index contributed by atoms with van der Waals surface area (Å²) in [6.07, 6.45) is 5.77. The molecule has 1 amide bonds. The smallest absolute Gasteiger partial charge is 0.335 e. The van der Waals surface area contributed by atoms with Crippen molar-refractivity contribution in [2.45, 2.75) is 63.4 Å². The second-order valence-corrected chi connectivity index (χ2v) is 9.79. The molecule has 0 aromatic heterocycles. The number of aryl methyl sites for hydroxylation is 1. The zero-order valence-electron chi connectivity index (χ0n) is 21.7. The zero-order chi connectivity index (χ0) is 27.7. The average Bonchev–Trinajstić information content (AvgIpc) is 2.88. The van der Waals surface area contributed by atoms with Crippen LogP contribution in [0.25, 0.3) is 6.08 Å². The number of aliphatic carboxylic acids is 2. The van der Waals surface area contributed by atoms with Gasteiger partial charge in [-0.15, -0.1) is 0 Å². The highest BCUT2D eigenvalue weighted by Crippen LogP contribution is 2.29. The van der Waals surface area contributed by atoms with E-state index < -0.39 is 24.1 Å². The van der Waals surface area contributed by atoms with Crippen molar-refractivity contribution in [1.82, 2.24) is 9.80 Å². The third-order valence-electron chi connectivity index (χ3n) is 7.15. The highest BCUT2D eigenvalue weighted by molar-refractivity contribution is 5.92. The number of carbonyl (C=O) groups excluding carboxylic acids is 1. The van der Waals surface area contributed by atoms with Gasteiger partial charge in [-0.05, 0) is 61.9 Å². The number of carboxylic acids is 2. The Morgan fingerprint density at radius 2 is 1.58 bits per heavy atom. The zero-order valence-corrected chi connectivity index (χ0v) is 21.7. The van der Waals surface area contributed by atoms with Gasteiger partial charge in [0.05, 0.1) is 13.2 Å². The van der Waals surface area contributed by atoms with Gasteiger partial charge in [0.25, 0.3) is 0 Å². The molecule has 2 heterocycles. The van der Waals surface area contributed by atoms with E-state index >= 15 is 0 Å². The minimum absolute atomic E-state index is 0.0567. The number of rotatable bonds is 8. The van der Waals surface area contributed by atoms with Gasteiger partial charge in [-0.3, -0.25) is 4.79 Å². The second-order valence-electron chi connectivity index (χ2n) is 9.79. The van der Waals surface area contributed by atoms with Crippen molar-refractivity contribution in [3.63, 3.8) is 0 Å². The summed E-state index contributed by atoms with van der Waals surface area (Å²) in [6, 6.07) is 7.02. The van der Waals surface area contributed by atoms with E-state index in [2.05, 4.69) is 24.0 Å². The first-order chi connectivity index (χ1) is 18.2. The van der Waals surface area contributed by atoms with E-state index in [0.717, 1.165) is 35.8 Å². The van der Waals surface area contributed by atoms with Gasteiger partial charge in [-0.25, -0.2) is 9.59 Å². The summed E-state index contributed by atoms with van der Waals surface area (Å²) >= 11 is 0. The summed E-state index contributed by atoms with van der Waals surface area (Å²) in [4.78, 5) is 36.3. The number of carboxylic acid groups (broad SMARTS) is 2. The average molecular weight is 535 g/mol. The molecule has 1 saturated carbocycles. The third-order valence-corrected chi connectivity index (χ3v) is 7.15. The number of ether oxygens (including phenoxy) is 2. The normalized spacial score (nSPS) is 20.7. The molecule has 0 radical (unpaired) electrons. The number of amides is 1. The van der Waals surface area contributed by atoms with Gasteiger partial charge in [-0.1, -0.05) is 12.5 Å². The number of aliphatic hydroxyl groups is 2. The fourth-order valence-corrected chi connectivity index (χ4v) is 4.53. The van der Waals surface area contributed by atoms with Gasteiger partial charge in [0, 0.05) is 38.3 Å². The molecular formula is C27H38N2O9. The van der Waals surface area contributed by atoms with Gasteiger partial charge >= 0.3 is 11.9 Å². The molecule has 2 aliphatic heterocycles. The summed E-state index contributed by atoms with van der Waals surface area (Å²) in [5, 5.41) is 32.5. The molecule has 1 aromatic carbocycles. The lowest BCUT2D eigenvalue weighted by atomic mass is 9.90. The maximum Gasteiger partial charge on any atom is 0.335 e. The van der Waals surface area contributed by atoms with Crippen LogP contribution < -0.4 is 4.74 Å². The van der Waals surface area contributed by atoms with Crippen LogP contribution >= 0.6 is 0 Å². The van der Waals surface area contributed by atoms with Crippen LogP contribution in [0.4, 0.5) is 0 Å². The van der Waals surface area contributed by atoms with Crippen LogP contribution in [-0.4, -0.2) is 112 Å². The number of piperidine rings is 1. The van der Waals surface area contributed by atoms with Crippen LogP contribution in [0.3, 0.4) is 0 Å². The molecule has 0 unspecified atom stereocenters. The summed E-state index contributed by atoms with van der Waals surface area (Å²) in [5.41, 5.74) is 2.20. The maximum absolute atomic E-state index is 12.3. The number of nitrogens with zero attached hydrogens (tertiary/aromatic N) is 2. The lowest BCUT2D eigenvalue weighted by Crippen LogP contribution is -2.46. The number of aliphatic hydroxyl groups excluding tert-OH is 2. The fraction of sp³-hybridized carbons (Fsp3) is 0.593. The van der Waals surface area contributed by atoms with Crippen LogP contribution in [0.5, 0.6) is 5.75 Å². The Morgan fingerprint density at radius 1 is 0.974 bits per heavy atom. The summed E-state index contributed by atoms with van der Waals surface area (Å²) in [5.74, 6) is -2.54. The van der Waals surface area contributed by atoms with Crippen molar-refractivity contribution in [1.29, 1.82) is 0 Å². The lowest BCUT2D eigenvalue weighted by molar-refractivity contribution is -0.165. The molecule has 4 N–H and O–H groups in total. The summed E-state index contributed by atoms with van der Waals surface area (Å²) in [7, 11) is 0. The standard InChI is InChI=1S/C23H32N2O3.C4H6O6/c1-18-17-22(28-21-9-11-24(12-10-21)20-3-2-4-20)7-5-19(18)6-8-23(26)25-13-15-27-16-14-25;5-1(3(7)8)2(6)4(9)10/h5-8,17,20-21H,2-4,9-16H2,1H3;1-2,5-6H,(H,7,8)(H,9,10)/t;1-,2-/m.1/s1. The first kappa shape index (κ1) is 29.6. The van der Waals surface area contributed by atoms with Crippen LogP contribution in [0.1, 0.15) is 43.2 Å². The van der Waals surface area contributed by atoms with E-state index in [9.17, 15) is 14.4 Å². The van der Waals surface area contributed by atoms with E-state index in [0.29, 0.717) is 32.4 Å². The Hall–Kier alpha value is -2.99. The molecule has 0 bridgehead atoms. The molecule has 11 nitrogen and oxygen atoms in total. The highest BCUT2D eigenvalue weighted by Gasteiger charge is 2.30. The molecule has 3 aliphatic rings. The molecule has 210 valence electrons. The highest BCUT2D eigenvalue weighted by atomic mass is 16.5. The Kier molecular flexibility index (Phi) is 11.1. The van der Waals surface area contributed by atoms with E-state index in [-0.39, 0.29) is 5.91 Å². The van der Waals surface area contributed by atoms with E-state index in [4.69, 9.17) is 29.9 Å². The Balaban J connectivity index is 0.000000342. The number of hydrogen-bond donors (Lipinski definition) is 4. The van der Waals surface area contributed by atoms with Crippen molar-refractivity contribution in [3.8, 4) is 5.75 Å². The van der Waals surface area contributed by atoms with Crippen molar-refractivity contribution < 1.29 is 44.3 Å². The molecule has 3 fully saturated rings. The number of hydrogen-bond acceptors (Lipinski definition) is 8. The largest absolute Gasteiger partial charge is 0.490 e. The van der Waals surface area contributed by atoms with Gasteiger partial charge in [-0.2, -0.15) is 0 Å². The van der Waals surface area contributed by atoms with Crippen molar-refractivity contribution >= 4 is 23.9 Å². The first-order valence-corrected chi connectivity index (χ1v) is 13.0. The monoisotopic (exact) mass is 534 g/mol. The minimum atomic E-state index is -2.27. The predicted octanol–water partition coefficient (Wildman–Crippen LogP) is 1.14. The molecule has 11 heteroatoms. The van der Waals surface area contributed by atoms with E-state index in [1.165, 1.54) is 32.4 Å². The number of likely N-dealkylation sites (tertiary alicyclic amines) is 1. The molecule has 38 heavy (non-hydrogen) atoms. The maximum atomic E-state index is 12.3. The van der Waals surface area contributed by atoms with Crippen LogP contribution in [0, 0.1) is 6.92 Å². The van der Waals surface area contributed by atoms with Crippen LogP contribution in [0.15, 0.2) is 24.3 Å². The number of benzene rings is 1. The minimum Gasteiger partial charge on any atom is -0.490 e. The molecular weight excluding hydrogens is 496 g/mol. The topological polar surface area (TPSA) is 157 Å². The predicted molar refractivity (Wildman–Crippen MR) is 138 cm³/mol. The second kappa shape index (κ2) is 14.2. The van der Waals surface area contributed by atoms with Crippen LogP contribution in [-0.2, 0) is 19.1 Å². The van der Waals surface area contributed by atoms with Crippen molar-refractivity contribution in [2.24, 2.45) is 0 Å². The molecule has 1 aromatic rings. The molecule has 0 spiro atoms.